The van der Waals surface area contributed by atoms with Crippen molar-refractivity contribution in [2.75, 3.05) is 13.1 Å². The maximum Gasteiger partial charge on any atom is 0.295 e. The summed E-state index contributed by atoms with van der Waals surface area (Å²) in [5.41, 5.74) is 0. The van der Waals surface area contributed by atoms with Crippen LogP contribution in [0.2, 0.25) is 0 Å². The average molecular weight is 145 g/mol. The Morgan fingerprint density at radius 3 is 2.60 bits per heavy atom. The van der Waals surface area contributed by atoms with Crippen LogP contribution >= 0.6 is 0 Å². The van der Waals surface area contributed by atoms with Crippen LogP contribution in [0.3, 0.4) is 0 Å². The quantitative estimate of drug-likeness (QED) is 0.396. The third-order valence-electron chi connectivity index (χ3n) is 1.65. The van der Waals surface area contributed by atoms with Crippen molar-refractivity contribution >= 4 is 6.47 Å². The van der Waals surface area contributed by atoms with Crippen LogP contribution in [0.4, 0.5) is 0 Å². The fourth-order valence-corrected chi connectivity index (χ4v) is 1.02. The summed E-state index contributed by atoms with van der Waals surface area (Å²) in [6.45, 7) is 1.69. The molecule has 0 aromatic carbocycles. The van der Waals surface area contributed by atoms with Crippen LogP contribution in [0.1, 0.15) is 12.8 Å². The Bertz CT molecular complexity index is 120. The molecule has 58 valence electrons. The number of carbonyl (C=O) groups is 1. The van der Waals surface area contributed by atoms with Crippen LogP contribution in [0.25, 0.3) is 0 Å². The highest BCUT2D eigenvalue weighted by Gasteiger charge is 2.30. The standard InChI is InChI=1S/C6H11NO3/c8-5-10-6(9)1-3-7-4-2-6/h5,7,9H,1-4H2. The number of rotatable bonds is 2. The second kappa shape index (κ2) is 2.98. The first kappa shape index (κ1) is 7.50. The molecule has 0 spiro atoms. The summed E-state index contributed by atoms with van der Waals surface area (Å²) in [5.74, 6) is -1.20. The first-order valence-electron chi connectivity index (χ1n) is 3.31. The molecule has 1 heterocycles. The molecule has 0 aromatic rings. The van der Waals surface area contributed by atoms with Crippen molar-refractivity contribution in [1.82, 2.24) is 5.32 Å². The Morgan fingerprint density at radius 2 is 2.10 bits per heavy atom. The van der Waals surface area contributed by atoms with E-state index in [4.69, 9.17) is 0 Å². The number of hydrogen-bond acceptors (Lipinski definition) is 4. The number of piperidine rings is 1. The molecule has 0 saturated carbocycles. The van der Waals surface area contributed by atoms with Gasteiger partial charge in [-0.25, -0.2) is 0 Å². The molecule has 2 N–H and O–H groups in total. The summed E-state index contributed by atoms with van der Waals surface area (Å²) in [6, 6.07) is 0. The molecule has 0 radical (unpaired) electrons. The van der Waals surface area contributed by atoms with Gasteiger partial charge in [-0.05, 0) is 0 Å². The minimum absolute atomic E-state index is 0.297. The number of hydrogen-bond donors (Lipinski definition) is 2. The predicted octanol–water partition coefficient (Wildman–Crippen LogP) is -0.769. The molecule has 0 atom stereocenters. The zero-order valence-electron chi connectivity index (χ0n) is 5.67. The molecule has 1 fully saturated rings. The lowest BCUT2D eigenvalue weighted by Gasteiger charge is -2.29. The van der Waals surface area contributed by atoms with Gasteiger partial charge in [-0.1, -0.05) is 0 Å². The van der Waals surface area contributed by atoms with Gasteiger partial charge in [-0.2, -0.15) is 0 Å². The van der Waals surface area contributed by atoms with E-state index in [9.17, 15) is 9.90 Å². The molecule has 10 heavy (non-hydrogen) atoms. The summed E-state index contributed by atoms with van der Waals surface area (Å²) >= 11 is 0. The smallest absolute Gasteiger partial charge is 0.295 e. The molecule has 4 nitrogen and oxygen atoms in total. The van der Waals surface area contributed by atoms with Gasteiger partial charge in [0.05, 0.1) is 0 Å². The van der Waals surface area contributed by atoms with Crippen molar-refractivity contribution in [3.63, 3.8) is 0 Å². The Hall–Kier alpha value is -0.610. The van der Waals surface area contributed by atoms with Crippen molar-refractivity contribution in [1.29, 1.82) is 0 Å². The summed E-state index contributed by atoms with van der Waals surface area (Å²) in [6.07, 6.45) is 0.956. The first-order valence-corrected chi connectivity index (χ1v) is 3.31. The van der Waals surface area contributed by atoms with Crippen LogP contribution in [-0.2, 0) is 9.53 Å². The van der Waals surface area contributed by atoms with E-state index in [2.05, 4.69) is 10.1 Å². The van der Waals surface area contributed by atoms with Crippen LogP contribution in [0.5, 0.6) is 0 Å². The maximum absolute atomic E-state index is 9.88. The highest BCUT2D eigenvalue weighted by Crippen LogP contribution is 2.17. The predicted molar refractivity (Wildman–Crippen MR) is 34.2 cm³/mol. The minimum atomic E-state index is -1.20. The molecule has 0 aliphatic carbocycles. The lowest BCUT2D eigenvalue weighted by Crippen LogP contribution is -2.43. The highest BCUT2D eigenvalue weighted by atomic mass is 16.6. The zero-order chi connectivity index (χ0) is 7.45. The lowest BCUT2D eigenvalue weighted by atomic mass is 10.1. The van der Waals surface area contributed by atoms with E-state index in [0.717, 1.165) is 0 Å². The maximum atomic E-state index is 9.88. The number of ether oxygens (including phenoxy) is 1. The second-order valence-corrected chi connectivity index (χ2v) is 2.41. The van der Waals surface area contributed by atoms with Gasteiger partial charge in [0.2, 0.25) is 5.79 Å². The van der Waals surface area contributed by atoms with Gasteiger partial charge < -0.3 is 15.2 Å². The molecule has 1 saturated heterocycles. The third kappa shape index (κ3) is 1.68. The Kier molecular flexibility index (Phi) is 2.24. The molecule has 1 aliphatic rings. The van der Waals surface area contributed by atoms with Crippen LogP contribution < -0.4 is 5.32 Å². The fourth-order valence-electron chi connectivity index (χ4n) is 1.02. The summed E-state index contributed by atoms with van der Waals surface area (Å²) < 4.78 is 4.51. The summed E-state index contributed by atoms with van der Waals surface area (Å²) in [4.78, 5) is 9.88. The molecule has 0 aromatic heterocycles. The molecule has 0 amide bonds. The van der Waals surface area contributed by atoms with Gasteiger partial charge in [0.1, 0.15) is 0 Å². The van der Waals surface area contributed by atoms with E-state index < -0.39 is 5.79 Å². The molecule has 4 heteroatoms. The van der Waals surface area contributed by atoms with E-state index in [1.807, 2.05) is 0 Å². The third-order valence-corrected chi connectivity index (χ3v) is 1.65. The molecule has 0 bridgehead atoms. The Balaban J connectivity index is 2.39. The largest absolute Gasteiger partial charge is 0.435 e. The number of nitrogens with one attached hydrogen (secondary N) is 1. The Labute approximate surface area is 59.2 Å². The van der Waals surface area contributed by atoms with Gasteiger partial charge in [-0.15, -0.1) is 0 Å². The van der Waals surface area contributed by atoms with Crippen molar-refractivity contribution < 1.29 is 14.6 Å². The van der Waals surface area contributed by atoms with Crippen LogP contribution in [0, 0.1) is 0 Å². The first-order chi connectivity index (χ1) is 4.77. The molecular formula is C6H11NO3. The van der Waals surface area contributed by atoms with E-state index in [1.54, 1.807) is 0 Å². The minimum Gasteiger partial charge on any atom is -0.435 e. The molecule has 1 rings (SSSR count). The van der Waals surface area contributed by atoms with E-state index in [-0.39, 0.29) is 0 Å². The monoisotopic (exact) mass is 145 g/mol. The second-order valence-electron chi connectivity index (χ2n) is 2.41. The topological polar surface area (TPSA) is 58.6 Å². The van der Waals surface area contributed by atoms with Crippen LogP contribution in [0.15, 0.2) is 0 Å². The average Bonchev–Trinajstić information content (AvgIpc) is 1.89. The van der Waals surface area contributed by atoms with Crippen molar-refractivity contribution in [2.24, 2.45) is 0 Å². The lowest BCUT2D eigenvalue weighted by molar-refractivity contribution is -0.204. The summed E-state index contributed by atoms with van der Waals surface area (Å²) in [5, 5.41) is 12.4. The van der Waals surface area contributed by atoms with E-state index in [0.29, 0.717) is 32.4 Å². The van der Waals surface area contributed by atoms with E-state index >= 15 is 0 Å². The van der Waals surface area contributed by atoms with Crippen LogP contribution in [-0.4, -0.2) is 30.5 Å². The van der Waals surface area contributed by atoms with Gasteiger partial charge in [0, 0.05) is 25.9 Å². The number of carbonyl (C=O) groups excluding carboxylic acids is 1. The normalized spacial score (nSPS) is 23.7. The van der Waals surface area contributed by atoms with Crippen molar-refractivity contribution in [3.05, 3.63) is 0 Å². The van der Waals surface area contributed by atoms with E-state index in [1.165, 1.54) is 0 Å². The summed E-state index contributed by atoms with van der Waals surface area (Å²) in [7, 11) is 0. The fraction of sp³-hybridized carbons (Fsp3) is 0.833. The highest BCUT2D eigenvalue weighted by molar-refractivity contribution is 5.37. The van der Waals surface area contributed by atoms with Gasteiger partial charge in [0.25, 0.3) is 6.47 Å². The SMILES string of the molecule is O=COC1(O)CCNCC1. The van der Waals surface area contributed by atoms with Gasteiger partial charge in [-0.3, -0.25) is 4.79 Å². The zero-order valence-corrected chi connectivity index (χ0v) is 5.67. The number of aliphatic hydroxyl groups is 1. The van der Waals surface area contributed by atoms with Crippen molar-refractivity contribution in [2.45, 2.75) is 18.6 Å². The van der Waals surface area contributed by atoms with Crippen molar-refractivity contribution in [3.8, 4) is 0 Å². The van der Waals surface area contributed by atoms with Gasteiger partial charge in [0.15, 0.2) is 0 Å². The Morgan fingerprint density at radius 1 is 1.50 bits per heavy atom. The molecule has 0 unspecified atom stereocenters. The molecular weight excluding hydrogens is 134 g/mol. The molecule has 1 aliphatic heterocycles. The van der Waals surface area contributed by atoms with Gasteiger partial charge >= 0.3 is 0 Å².